The predicted octanol–water partition coefficient (Wildman–Crippen LogP) is 4.65. The van der Waals surface area contributed by atoms with E-state index >= 15 is 0 Å². The van der Waals surface area contributed by atoms with Gasteiger partial charge in [-0.3, -0.25) is 5.26 Å². The number of anilines is 1. The molecule has 2 aliphatic rings. The molecule has 34 heavy (non-hydrogen) atoms. The molecule has 2 aromatic carbocycles. The van der Waals surface area contributed by atoms with Gasteiger partial charge in [0, 0.05) is 31.6 Å². The van der Waals surface area contributed by atoms with Crippen LogP contribution in [0, 0.1) is 5.82 Å². The molecule has 2 unspecified atom stereocenters. The van der Waals surface area contributed by atoms with Crippen LogP contribution in [0.25, 0.3) is 0 Å². The summed E-state index contributed by atoms with van der Waals surface area (Å²) >= 11 is 0. The van der Waals surface area contributed by atoms with Crippen LogP contribution in [0.4, 0.5) is 23.2 Å². The molecule has 1 aliphatic carbocycles. The molecular formula is C23H26F4N2O4S. The molecule has 0 bridgehead atoms. The number of aryl methyl sites for hydroxylation is 1. The second-order valence-corrected chi connectivity index (χ2v) is 10.6. The molecule has 1 saturated heterocycles. The normalized spacial score (nSPS) is 21.6. The van der Waals surface area contributed by atoms with Gasteiger partial charge in [0.15, 0.2) is 0 Å². The van der Waals surface area contributed by atoms with Crippen LogP contribution in [0.15, 0.2) is 41.3 Å². The first kappa shape index (κ1) is 24.9. The van der Waals surface area contributed by atoms with E-state index in [0.717, 1.165) is 36.1 Å². The zero-order valence-electron chi connectivity index (χ0n) is 18.6. The maximum absolute atomic E-state index is 14.5. The second-order valence-electron chi connectivity index (χ2n) is 8.68. The number of nitrogens with zero attached hydrogens (tertiary/aromatic N) is 2. The Labute approximate surface area is 195 Å². The van der Waals surface area contributed by atoms with Gasteiger partial charge in [0.2, 0.25) is 10.0 Å². The van der Waals surface area contributed by atoms with E-state index in [9.17, 15) is 26.0 Å². The number of halogens is 4. The van der Waals surface area contributed by atoms with Gasteiger partial charge in [-0.2, -0.15) is 17.5 Å². The van der Waals surface area contributed by atoms with E-state index < -0.39 is 33.6 Å². The van der Waals surface area contributed by atoms with Crippen LogP contribution in [-0.2, 0) is 27.5 Å². The Morgan fingerprint density at radius 2 is 1.91 bits per heavy atom. The van der Waals surface area contributed by atoms with Crippen LogP contribution in [0.5, 0.6) is 0 Å². The van der Waals surface area contributed by atoms with Crippen molar-refractivity contribution < 1.29 is 36.1 Å². The highest BCUT2D eigenvalue weighted by Gasteiger charge is 2.37. The van der Waals surface area contributed by atoms with Gasteiger partial charge >= 0.3 is 6.18 Å². The summed E-state index contributed by atoms with van der Waals surface area (Å²) in [5.74, 6) is -1.08. The van der Waals surface area contributed by atoms with E-state index in [0.29, 0.717) is 12.5 Å². The largest absolute Gasteiger partial charge is 0.416 e. The van der Waals surface area contributed by atoms with Crippen LogP contribution in [0.2, 0.25) is 0 Å². The lowest BCUT2D eigenvalue weighted by atomic mass is 10.0. The first-order chi connectivity index (χ1) is 16.1. The third-order valence-electron chi connectivity index (χ3n) is 6.72. The molecule has 0 amide bonds. The van der Waals surface area contributed by atoms with Crippen molar-refractivity contribution >= 4 is 15.7 Å². The Balaban J connectivity index is 1.57. The van der Waals surface area contributed by atoms with Gasteiger partial charge in [-0.05, 0) is 60.7 Å². The minimum atomic E-state index is -4.64. The Morgan fingerprint density at radius 3 is 2.56 bits per heavy atom. The van der Waals surface area contributed by atoms with Gasteiger partial charge in [-0.15, -0.1) is 0 Å². The van der Waals surface area contributed by atoms with Crippen molar-refractivity contribution in [3.8, 4) is 0 Å². The first-order valence-corrected chi connectivity index (χ1v) is 12.5. The molecule has 2 aromatic rings. The SMILES string of the molecule is CCC1CN(c2ccc(C(F)(F)F)cc2F)CCN1S(=O)(=O)c1ccc2c(c1)C(COO)CC2. The summed E-state index contributed by atoms with van der Waals surface area (Å²) in [5.41, 5.74) is 0.820. The Bertz CT molecular complexity index is 1150. The molecule has 1 heterocycles. The van der Waals surface area contributed by atoms with Gasteiger partial charge in [0.25, 0.3) is 0 Å². The molecule has 1 fully saturated rings. The van der Waals surface area contributed by atoms with Gasteiger partial charge in [-0.1, -0.05) is 13.0 Å². The highest BCUT2D eigenvalue weighted by molar-refractivity contribution is 7.89. The monoisotopic (exact) mass is 502 g/mol. The summed E-state index contributed by atoms with van der Waals surface area (Å²) in [4.78, 5) is 6.02. The van der Waals surface area contributed by atoms with Gasteiger partial charge in [-0.25, -0.2) is 17.7 Å². The molecule has 0 saturated carbocycles. The second kappa shape index (κ2) is 9.44. The minimum absolute atomic E-state index is 0.0212. The van der Waals surface area contributed by atoms with Gasteiger partial charge in [0.05, 0.1) is 22.8 Å². The lowest BCUT2D eigenvalue weighted by Gasteiger charge is -2.41. The van der Waals surface area contributed by atoms with Crippen molar-refractivity contribution in [2.45, 2.75) is 49.2 Å². The van der Waals surface area contributed by atoms with E-state index in [2.05, 4.69) is 4.89 Å². The van der Waals surface area contributed by atoms with Crippen molar-refractivity contribution in [2.24, 2.45) is 0 Å². The zero-order chi connectivity index (χ0) is 24.7. The van der Waals surface area contributed by atoms with E-state index in [1.165, 1.54) is 4.31 Å². The van der Waals surface area contributed by atoms with Crippen LogP contribution in [-0.4, -0.2) is 50.3 Å². The predicted molar refractivity (Wildman–Crippen MR) is 118 cm³/mol. The highest BCUT2D eigenvalue weighted by atomic mass is 32.2. The van der Waals surface area contributed by atoms with E-state index in [4.69, 9.17) is 5.26 Å². The van der Waals surface area contributed by atoms with Gasteiger partial charge < -0.3 is 4.90 Å². The summed E-state index contributed by atoms with van der Waals surface area (Å²) in [6.07, 6.45) is -2.66. The minimum Gasteiger partial charge on any atom is -0.366 e. The van der Waals surface area contributed by atoms with Crippen molar-refractivity contribution in [1.82, 2.24) is 4.31 Å². The summed E-state index contributed by atoms with van der Waals surface area (Å²) in [6.45, 7) is 2.28. The fourth-order valence-corrected chi connectivity index (χ4v) is 6.59. The van der Waals surface area contributed by atoms with E-state index in [1.807, 2.05) is 6.92 Å². The average Bonchev–Trinajstić information content (AvgIpc) is 3.20. The molecule has 4 rings (SSSR count). The molecule has 186 valence electrons. The summed E-state index contributed by atoms with van der Waals surface area (Å²) in [7, 11) is -3.86. The summed E-state index contributed by atoms with van der Waals surface area (Å²) in [5, 5.41) is 8.83. The lowest BCUT2D eigenvalue weighted by molar-refractivity contribution is -0.245. The quantitative estimate of drug-likeness (QED) is 0.354. The number of sulfonamides is 1. The smallest absolute Gasteiger partial charge is 0.366 e. The number of hydrogen-bond acceptors (Lipinski definition) is 5. The van der Waals surface area contributed by atoms with Crippen LogP contribution < -0.4 is 4.90 Å². The van der Waals surface area contributed by atoms with E-state index in [1.54, 1.807) is 23.1 Å². The number of hydrogen-bond donors (Lipinski definition) is 1. The fourth-order valence-electron chi connectivity index (χ4n) is 4.87. The number of rotatable bonds is 6. The highest BCUT2D eigenvalue weighted by Crippen LogP contribution is 2.37. The topological polar surface area (TPSA) is 70.1 Å². The molecule has 1 aliphatic heterocycles. The molecule has 11 heteroatoms. The molecule has 0 spiro atoms. The third kappa shape index (κ3) is 4.66. The molecule has 6 nitrogen and oxygen atoms in total. The number of fused-ring (bicyclic) bond motifs is 1. The van der Waals surface area contributed by atoms with Crippen LogP contribution in [0.1, 0.15) is 42.4 Å². The van der Waals surface area contributed by atoms with Gasteiger partial charge in [0.1, 0.15) is 5.82 Å². The standard InChI is InChI=1S/C23H26F4N2O4S/c1-2-18-13-28(22-8-6-17(11-21(22)24)23(25,26)27)9-10-29(18)34(31,32)19-7-5-15-3-4-16(14-33-30)20(15)12-19/h5-8,11-12,16,18,30H,2-4,9-10,13-14H2,1H3. The van der Waals surface area contributed by atoms with Crippen molar-refractivity contribution in [2.75, 3.05) is 31.1 Å². The van der Waals surface area contributed by atoms with Crippen molar-refractivity contribution in [3.63, 3.8) is 0 Å². The number of piperazine rings is 1. The average molecular weight is 503 g/mol. The number of benzene rings is 2. The zero-order valence-corrected chi connectivity index (χ0v) is 19.4. The molecule has 0 radical (unpaired) electrons. The third-order valence-corrected chi connectivity index (χ3v) is 8.67. The molecule has 2 atom stereocenters. The molecule has 1 N–H and O–H groups in total. The van der Waals surface area contributed by atoms with Crippen LogP contribution in [0.3, 0.4) is 0 Å². The van der Waals surface area contributed by atoms with Crippen LogP contribution >= 0.6 is 0 Å². The van der Waals surface area contributed by atoms with Crippen molar-refractivity contribution in [1.29, 1.82) is 0 Å². The summed E-state index contributed by atoms with van der Waals surface area (Å²) in [6, 6.07) is 6.91. The maximum Gasteiger partial charge on any atom is 0.416 e. The maximum atomic E-state index is 14.5. The fraction of sp³-hybridized carbons (Fsp3) is 0.478. The molecular weight excluding hydrogens is 476 g/mol. The Kier molecular flexibility index (Phi) is 6.92. The Hall–Kier alpha value is -2.21. The van der Waals surface area contributed by atoms with E-state index in [-0.39, 0.29) is 42.7 Å². The van der Waals surface area contributed by atoms with Crippen molar-refractivity contribution in [3.05, 3.63) is 58.9 Å². The summed E-state index contributed by atoms with van der Waals surface area (Å²) < 4.78 is 81.6. The first-order valence-electron chi connectivity index (χ1n) is 11.1. The Morgan fingerprint density at radius 1 is 1.15 bits per heavy atom. The number of alkyl halides is 3. The lowest BCUT2D eigenvalue weighted by Crippen LogP contribution is -2.55. The molecule has 0 aromatic heterocycles.